The van der Waals surface area contributed by atoms with Crippen molar-refractivity contribution in [3.05, 3.63) is 36.4 Å². The molecule has 3 nitrogen and oxygen atoms in total. The number of ether oxygens (including phenoxy) is 2. The van der Waals surface area contributed by atoms with E-state index in [2.05, 4.69) is 18.0 Å². The summed E-state index contributed by atoms with van der Waals surface area (Å²) in [5.74, 6) is 1.74. The summed E-state index contributed by atoms with van der Waals surface area (Å²) in [6, 6.07) is 5.99. The lowest BCUT2D eigenvalue weighted by Gasteiger charge is -2.06. The van der Waals surface area contributed by atoms with Gasteiger partial charge in [-0.25, -0.2) is 0 Å². The van der Waals surface area contributed by atoms with Gasteiger partial charge in [-0.15, -0.1) is 6.58 Å². The summed E-state index contributed by atoms with van der Waals surface area (Å²) in [5.41, 5.74) is 1.16. The van der Waals surface area contributed by atoms with Crippen LogP contribution in [0.1, 0.15) is 18.4 Å². The van der Waals surface area contributed by atoms with Crippen LogP contribution in [0.2, 0.25) is 0 Å². The molecule has 1 aliphatic heterocycles. The van der Waals surface area contributed by atoms with Crippen LogP contribution in [-0.4, -0.2) is 13.3 Å². The molecule has 1 aromatic rings. The predicted molar refractivity (Wildman–Crippen MR) is 63.7 cm³/mol. The molecule has 0 aliphatic carbocycles. The van der Waals surface area contributed by atoms with Crippen LogP contribution >= 0.6 is 0 Å². The van der Waals surface area contributed by atoms with Gasteiger partial charge in [0.05, 0.1) is 0 Å². The minimum absolute atomic E-state index is 0.336. The van der Waals surface area contributed by atoms with E-state index in [0.717, 1.165) is 43.0 Å². The molecule has 0 fully saturated rings. The zero-order valence-electron chi connectivity index (χ0n) is 9.37. The smallest absolute Gasteiger partial charge is 0.231 e. The maximum Gasteiger partial charge on any atom is 0.231 e. The Morgan fingerprint density at radius 2 is 2.31 bits per heavy atom. The van der Waals surface area contributed by atoms with E-state index in [9.17, 15) is 0 Å². The zero-order chi connectivity index (χ0) is 11.2. The van der Waals surface area contributed by atoms with Gasteiger partial charge >= 0.3 is 0 Å². The molecule has 0 atom stereocenters. The van der Waals surface area contributed by atoms with Crippen molar-refractivity contribution < 1.29 is 9.47 Å². The van der Waals surface area contributed by atoms with Gasteiger partial charge in [-0.05, 0) is 25.5 Å². The van der Waals surface area contributed by atoms with Crippen molar-refractivity contribution in [3.63, 3.8) is 0 Å². The molecule has 2 rings (SSSR count). The Bertz CT molecular complexity index is 363. The van der Waals surface area contributed by atoms with Crippen molar-refractivity contribution in [2.75, 3.05) is 13.3 Å². The fourth-order valence-electron chi connectivity index (χ4n) is 1.72. The van der Waals surface area contributed by atoms with E-state index < -0.39 is 0 Å². The lowest BCUT2D eigenvalue weighted by atomic mass is 10.2. The van der Waals surface area contributed by atoms with Gasteiger partial charge in [-0.1, -0.05) is 18.2 Å². The van der Waals surface area contributed by atoms with Crippen LogP contribution in [0.3, 0.4) is 0 Å². The van der Waals surface area contributed by atoms with Crippen molar-refractivity contribution in [2.45, 2.75) is 19.4 Å². The first-order chi connectivity index (χ1) is 7.92. The molecule has 0 spiro atoms. The predicted octanol–water partition coefficient (Wildman–Crippen LogP) is 2.47. The lowest BCUT2D eigenvalue weighted by molar-refractivity contribution is 0.173. The molecule has 0 amide bonds. The molecular formula is C13H17NO2. The average Bonchev–Trinajstić information content (AvgIpc) is 2.77. The summed E-state index contributed by atoms with van der Waals surface area (Å²) in [4.78, 5) is 0. The molecule has 1 heterocycles. The summed E-state index contributed by atoms with van der Waals surface area (Å²) in [5, 5.41) is 3.38. The van der Waals surface area contributed by atoms with Gasteiger partial charge in [0.2, 0.25) is 6.79 Å². The second-order valence-corrected chi connectivity index (χ2v) is 3.76. The average molecular weight is 219 g/mol. The standard InChI is InChI=1S/C13H17NO2/c1-2-3-4-8-14-9-11-6-5-7-12-13(11)16-10-15-12/h2,5-7,14H,1,3-4,8-10H2. The molecule has 3 heteroatoms. The molecule has 86 valence electrons. The largest absolute Gasteiger partial charge is 0.454 e. The lowest BCUT2D eigenvalue weighted by Crippen LogP contribution is -2.14. The number of hydrogen-bond donors (Lipinski definition) is 1. The third-order valence-corrected chi connectivity index (χ3v) is 2.56. The Balaban J connectivity index is 1.85. The van der Waals surface area contributed by atoms with Gasteiger partial charge < -0.3 is 14.8 Å². The molecule has 16 heavy (non-hydrogen) atoms. The highest BCUT2D eigenvalue weighted by Crippen LogP contribution is 2.35. The van der Waals surface area contributed by atoms with E-state index in [1.54, 1.807) is 0 Å². The molecule has 0 saturated heterocycles. The molecule has 1 aromatic carbocycles. The molecule has 0 unspecified atom stereocenters. The molecule has 0 bridgehead atoms. The maximum absolute atomic E-state index is 5.43. The minimum Gasteiger partial charge on any atom is -0.454 e. The Morgan fingerprint density at radius 3 is 3.19 bits per heavy atom. The highest BCUT2D eigenvalue weighted by atomic mass is 16.7. The van der Waals surface area contributed by atoms with Crippen LogP contribution in [0.4, 0.5) is 0 Å². The second kappa shape index (κ2) is 5.56. The first-order valence-corrected chi connectivity index (χ1v) is 5.61. The van der Waals surface area contributed by atoms with Crippen LogP contribution in [0.25, 0.3) is 0 Å². The number of allylic oxidation sites excluding steroid dienone is 1. The van der Waals surface area contributed by atoms with E-state index in [0.29, 0.717) is 6.79 Å². The van der Waals surface area contributed by atoms with Crippen LogP contribution in [-0.2, 0) is 6.54 Å². The first kappa shape index (κ1) is 11.0. The number of hydrogen-bond acceptors (Lipinski definition) is 3. The SMILES string of the molecule is C=CCCCNCc1cccc2c1OCO2. The number of rotatable bonds is 6. The fourth-order valence-corrected chi connectivity index (χ4v) is 1.72. The van der Waals surface area contributed by atoms with E-state index in [-0.39, 0.29) is 0 Å². The Kier molecular flexibility index (Phi) is 3.83. The summed E-state index contributed by atoms with van der Waals surface area (Å²) in [6.45, 7) is 5.86. The maximum atomic E-state index is 5.43. The molecule has 0 radical (unpaired) electrons. The Hall–Kier alpha value is -1.48. The molecular weight excluding hydrogens is 202 g/mol. The molecule has 0 saturated carbocycles. The highest BCUT2D eigenvalue weighted by Gasteiger charge is 2.16. The van der Waals surface area contributed by atoms with Gasteiger partial charge in [-0.2, -0.15) is 0 Å². The normalized spacial score (nSPS) is 12.8. The van der Waals surface area contributed by atoms with Gasteiger partial charge in [0.25, 0.3) is 0 Å². The monoisotopic (exact) mass is 219 g/mol. The van der Waals surface area contributed by atoms with Crippen LogP contribution < -0.4 is 14.8 Å². The van der Waals surface area contributed by atoms with Crippen LogP contribution in [0, 0.1) is 0 Å². The van der Waals surface area contributed by atoms with Crippen molar-refractivity contribution in [1.82, 2.24) is 5.32 Å². The topological polar surface area (TPSA) is 30.5 Å². The number of para-hydroxylation sites is 1. The van der Waals surface area contributed by atoms with Gasteiger partial charge in [0, 0.05) is 12.1 Å². The Morgan fingerprint density at radius 1 is 1.38 bits per heavy atom. The minimum atomic E-state index is 0.336. The van der Waals surface area contributed by atoms with E-state index >= 15 is 0 Å². The number of fused-ring (bicyclic) bond motifs is 1. The van der Waals surface area contributed by atoms with Crippen LogP contribution in [0.5, 0.6) is 11.5 Å². The third kappa shape index (κ3) is 2.55. The second-order valence-electron chi connectivity index (χ2n) is 3.76. The molecule has 1 N–H and O–H groups in total. The van der Waals surface area contributed by atoms with Gasteiger partial charge in [0.15, 0.2) is 11.5 Å². The van der Waals surface area contributed by atoms with Crippen molar-refractivity contribution in [3.8, 4) is 11.5 Å². The third-order valence-electron chi connectivity index (χ3n) is 2.56. The van der Waals surface area contributed by atoms with E-state index in [1.165, 1.54) is 0 Å². The number of nitrogens with one attached hydrogen (secondary N) is 1. The van der Waals surface area contributed by atoms with Crippen molar-refractivity contribution >= 4 is 0 Å². The summed E-state index contributed by atoms with van der Waals surface area (Å²) in [7, 11) is 0. The molecule has 0 aromatic heterocycles. The summed E-state index contributed by atoms with van der Waals surface area (Å²) < 4.78 is 10.8. The summed E-state index contributed by atoms with van der Waals surface area (Å²) in [6.07, 6.45) is 4.12. The highest BCUT2D eigenvalue weighted by molar-refractivity contribution is 5.48. The van der Waals surface area contributed by atoms with Crippen LogP contribution in [0.15, 0.2) is 30.9 Å². The fraction of sp³-hybridized carbons (Fsp3) is 0.385. The summed E-state index contributed by atoms with van der Waals surface area (Å²) >= 11 is 0. The van der Waals surface area contributed by atoms with Gasteiger partial charge in [0.1, 0.15) is 0 Å². The quantitative estimate of drug-likeness (QED) is 0.589. The first-order valence-electron chi connectivity index (χ1n) is 5.61. The zero-order valence-corrected chi connectivity index (χ0v) is 9.37. The molecule has 1 aliphatic rings. The van der Waals surface area contributed by atoms with Crippen molar-refractivity contribution in [1.29, 1.82) is 0 Å². The van der Waals surface area contributed by atoms with E-state index in [1.807, 2.05) is 18.2 Å². The number of benzene rings is 1. The van der Waals surface area contributed by atoms with Crippen molar-refractivity contribution in [2.24, 2.45) is 0 Å². The number of unbranched alkanes of at least 4 members (excludes halogenated alkanes) is 1. The van der Waals surface area contributed by atoms with Gasteiger partial charge in [-0.3, -0.25) is 0 Å². The van der Waals surface area contributed by atoms with E-state index in [4.69, 9.17) is 9.47 Å². The Labute approximate surface area is 96.1 Å².